The lowest BCUT2D eigenvalue weighted by molar-refractivity contribution is 0.673. The predicted molar refractivity (Wildman–Crippen MR) is 166 cm³/mol. The zero-order chi connectivity index (χ0) is 25.7. The molecule has 0 saturated heterocycles. The van der Waals surface area contributed by atoms with E-state index in [1.165, 1.54) is 82.8 Å². The van der Waals surface area contributed by atoms with Crippen LogP contribution < -0.4 is 15.8 Å². The standard InChI is InChI=1S/C36H19BN2O/c1-2-9-20(10-3-1)38-28-16-7-12-22-24-14-6-15-25-31-35-26(19-27-21-11-4-5-18-30(21)40-36(27)31)23-13-8-17-29(38)33(23)37(32(22)28)39(35)34(24)25/h1-19H. The molecule has 4 heteroatoms. The Morgan fingerprint density at radius 2 is 1.20 bits per heavy atom. The smallest absolute Gasteiger partial charge is 0.333 e. The molecular weight excluding hydrogens is 487 g/mol. The molecule has 3 nitrogen and oxygen atoms in total. The van der Waals surface area contributed by atoms with E-state index in [0.717, 1.165) is 11.2 Å². The molecule has 40 heavy (non-hydrogen) atoms. The van der Waals surface area contributed by atoms with Crippen LogP contribution in [0, 0.1) is 0 Å². The molecule has 0 radical (unpaired) electrons. The molecule has 0 atom stereocenters. The Morgan fingerprint density at radius 1 is 0.525 bits per heavy atom. The number of anilines is 3. The van der Waals surface area contributed by atoms with Crippen LogP contribution in [-0.4, -0.2) is 11.3 Å². The average Bonchev–Trinajstić information content (AvgIpc) is 3.56. The van der Waals surface area contributed by atoms with Gasteiger partial charge in [-0.1, -0.05) is 78.9 Å². The van der Waals surface area contributed by atoms with Crippen molar-refractivity contribution in [1.29, 1.82) is 0 Å². The van der Waals surface area contributed by atoms with E-state index >= 15 is 0 Å². The van der Waals surface area contributed by atoms with E-state index in [1.807, 2.05) is 0 Å². The molecule has 8 aromatic rings. The van der Waals surface area contributed by atoms with Gasteiger partial charge in [-0.05, 0) is 58.5 Å². The molecule has 3 aliphatic heterocycles. The van der Waals surface area contributed by atoms with Crippen molar-refractivity contribution < 1.29 is 4.42 Å². The van der Waals surface area contributed by atoms with Crippen LogP contribution in [-0.2, 0) is 0 Å². The Kier molecular flexibility index (Phi) is 3.21. The zero-order valence-corrected chi connectivity index (χ0v) is 21.3. The second-order valence-corrected chi connectivity index (χ2v) is 11.2. The van der Waals surface area contributed by atoms with Gasteiger partial charge in [0.05, 0.1) is 5.39 Å². The van der Waals surface area contributed by atoms with Crippen LogP contribution >= 0.6 is 0 Å². The number of nitrogens with zero attached hydrogens (tertiary/aromatic N) is 2. The first kappa shape index (κ1) is 19.8. The number of rotatable bonds is 1. The van der Waals surface area contributed by atoms with Crippen molar-refractivity contribution in [3.8, 4) is 22.3 Å². The van der Waals surface area contributed by atoms with E-state index in [9.17, 15) is 0 Å². The van der Waals surface area contributed by atoms with Gasteiger partial charge in [-0.25, -0.2) is 0 Å². The summed E-state index contributed by atoms with van der Waals surface area (Å²) >= 11 is 0. The van der Waals surface area contributed by atoms with Crippen molar-refractivity contribution in [1.82, 2.24) is 4.48 Å². The summed E-state index contributed by atoms with van der Waals surface area (Å²) in [5, 5.41) is 4.86. The Hall–Kier alpha value is -5.22. The zero-order valence-electron chi connectivity index (χ0n) is 21.3. The molecule has 3 aliphatic rings. The molecule has 0 saturated carbocycles. The molecule has 0 aliphatic carbocycles. The normalized spacial score (nSPS) is 13.9. The van der Waals surface area contributed by atoms with E-state index in [-0.39, 0.29) is 6.85 Å². The van der Waals surface area contributed by atoms with Crippen LogP contribution in [0.3, 0.4) is 0 Å². The fourth-order valence-electron chi connectivity index (χ4n) is 8.07. The summed E-state index contributed by atoms with van der Waals surface area (Å²) in [6.45, 7) is 0.113. The topological polar surface area (TPSA) is 21.3 Å². The maximum atomic E-state index is 6.66. The molecule has 0 fully saturated rings. The Labute approximate surface area is 229 Å². The van der Waals surface area contributed by atoms with Gasteiger partial charge in [-0.15, -0.1) is 0 Å². The van der Waals surface area contributed by atoms with Gasteiger partial charge in [-0.3, -0.25) is 0 Å². The highest BCUT2D eigenvalue weighted by atomic mass is 16.3. The van der Waals surface area contributed by atoms with Gasteiger partial charge in [-0.2, -0.15) is 0 Å². The number of aromatic nitrogens is 1. The minimum atomic E-state index is 0.113. The quantitative estimate of drug-likeness (QED) is 0.210. The molecular formula is C36H19BN2O. The molecule has 0 spiro atoms. The fourth-order valence-corrected chi connectivity index (χ4v) is 8.07. The van der Waals surface area contributed by atoms with Crippen molar-refractivity contribution in [2.45, 2.75) is 0 Å². The molecule has 0 amide bonds. The van der Waals surface area contributed by atoms with Crippen LogP contribution in [0.4, 0.5) is 17.1 Å². The van der Waals surface area contributed by atoms with Crippen LogP contribution in [0.25, 0.3) is 66.0 Å². The summed E-state index contributed by atoms with van der Waals surface area (Å²) < 4.78 is 9.30. The molecule has 5 heterocycles. The van der Waals surface area contributed by atoms with Gasteiger partial charge in [0.1, 0.15) is 11.2 Å². The summed E-state index contributed by atoms with van der Waals surface area (Å²) in [5.74, 6) is 0. The SMILES string of the molecule is c1ccc(N2c3cccc4c3B3c5c(cccc52)-c2cc5c6ccccc6oc5c5c6cccc-4c6n3c25)cc1. The lowest BCUT2D eigenvalue weighted by Crippen LogP contribution is -2.58. The summed E-state index contributed by atoms with van der Waals surface area (Å²) in [6, 6.07) is 42.2. The largest absolute Gasteiger partial charge is 0.455 e. The number of hydrogen-bond acceptors (Lipinski definition) is 2. The number of furan rings is 1. The van der Waals surface area contributed by atoms with Gasteiger partial charge in [0.25, 0.3) is 0 Å². The monoisotopic (exact) mass is 506 g/mol. The van der Waals surface area contributed by atoms with E-state index < -0.39 is 0 Å². The highest BCUT2D eigenvalue weighted by Gasteiger charge is 2.46. The summed E-state index contributed by atoms with van der Waals surface area (Å²) in [6.07, 6.45) is 0. The lowest BCUT2D eigenvalue weighted by atomic mass is 9.43. The van der Waals surface area contributed by atoms with Gasteiger partial charge in [0.2, 0.25) is 0 Å². The molecule has 2 aromatic heterocycles. The highest BCUT2D eigenvalue weighted by Crippen LogP contribution is 2.52. The molecule has 0 bridgehead atoms. The summed E-state index contributed by atoms with van der Waals surface area (Å²) in [7, 11) is 0. The summed E-state index contributed by atoms with van der Waals surface area (Å²) in [5.41, 5.74) is 16.3. The highest BCUT2D eigenvalue weighted by molar-refractivity contribution is 6.91. The van der Waals surface area contributed by atoms with Crippen LogP contribution in [0.2, 0.25) is 0 Å². The molecule has 0 N–H and O–H groups in total. The third kappa shape index (κ3) is 2.03. The van der Waals surface area contributed by atoms with Crippen molar-refractivity contribution >= 4 is 78.6 Å². The minimum absolute atomic E-state index is 0.113. The van der Waals surface area contributed by atoms with Gasteiger partial charge >= 0.3 is 6.85 Å². The maximum Gasteiger partial charge on any atom is 0.333 e. The Morgan fingerprint density at radius 3 is 2.02 bits per heavy atom. The van der Waals surface area contributed by atoms with E-state index in [4.69, 9.17) is 4.42 Å². The third-order valence-electron chi connectivity index (χ3n) is 9.48. The second kappa shape index (κ2) is 6.49. The molecule has 0 unspecified atom stereocenters. The fraction of sp³-hybridized carbons (Fsp3) is 0. The van der Waals surface area contributed by atoms with Crippen LogP contribution in [0.5, 0.6) is 0 Å². The molecule has 6 aromatic carbocycles. The lowest BCUT2D eigenvalue weighted by Gasteiger charge is -2.43. The summed E-state index contributed by atoms with van der Waals surface area (Å²) in [4.78, 5) is 2.47. The minimum Gasteiger partial charge on any atom is -0.455 e. The Balaban J connectivity index is 1.44. The van der Waals surface area contributed by atoms with Crippen LogP contribution in [0.15, 0.2) is 120 Å². The predicted octanol–water partition coefficient (Wildman–Crippen LogP) is 8.09. The van der Waals surface area contributed by atoms with Crippen molar-refractivity contribution in [2.75, 3.05) is 4.90 Å². The van der Waals surface area contributed by atoms with E-state index in [1.54, 1.807) is 0 Å². The first-order valence-electron chi connectivity index (χ1n) is 13.9. The number of hydrogen-bond donors (Lipinski definition) is 0. The van der Waals surface area contributed by atoms with Crippen molar-refractivity contribution in [3.63, 3.8) is 0 Å². The van der Waals surface area contributed by atoms with Crippen molar-refractivity contribution in [3.05, 3.63) is 115 Å². The van der Waals surface area contributed by atoms with Crippen molar-refractivity contribution in [2.24, 2.45) is 0 Å². The number of para-hydroxylation sites is 3. The molecule has 11 rings (SSSR count). The molecule has 182 valence electrons. The average molecular weight is 506 g/mol. The van der Waals surface area contributed by atoms with Crippen LogP contribution in [0.1, 0.15) is 0 Å². The Bertz CT molecular complexity index is 2450. The van der Waals surface area contributed by atoms with E-state index in [0.29, 0.717) is 0 Å². The van der Waals surface area contributed by atoms with Gasteiger partial charge in [0, 0.05) is 55.4 Å². The maximum absolute atomic E-state index is 6.66. The first-order valence-corrected chi connectivity index (χ1v) is 13.9. The number of fused-ring (bicyclic) bond motifs is 7. The third-order valence-corrected chi connectivity index (χ3v) is 9.48. The first-order chi connectivity index (χ1) is 19.9. The van der Waals surface area contributed by atoms with Gasteiger partial charge in [0.15, 0.2) is 0 Å². The second-order valence-electron chi connectivity index (χ2n) is 11.2. The number of benzene rings is 6. The van der Waals surface area contributed by atoms with Gasteiger partial charge < -0.3 is 13.8 Å². The van der Waals surface area contributed by atoms with E-state index in [2.05, 4.69) is 125 Å².